The third-order valence-corrected chi connectivity index (χ3v) is 7.76. The van der Waals surface area contributed by atoms with E-state index < -0.39 is 59.0 Å². The number of piperazine rings is 1. The van der Waals surface area contributed by atoms with Crippen LogP contribution in [0.15, 0.2) is 62.5 Å². The summed E-state index contributed by atoms with van der Waals surface area (Å²) in [5.41, 5.74) is 3.20. The zero-order valence-corrected chi connectivity index (χ0v) is 24.3. The molecule has 1 fully saturated rings. The van der Waals surface area contributed by atoms with Gasteiger partial charge in [0.1, 0.15) is 11.5 Å². The van der Waals surface area contributed by atoms with Crippen LogP contribution in [0.25, 0.3) is 0 Å². The summed E-state index contributed by atoms with van der Waals surface area (Å²) in [5.74, 6) is -2.91. The minimum atomic E-state index is -4.92. The summed E-state index contributed by atoms with van der Waals surface area (Å²) in [6, 6.07) is 10.2. The topological polar surface area (TPSA) is 115 Å². The highest BCUT2D eigenvalue weighted by Gasteiger charge is 2.38. The van der Waals surface area contributed by atoms with Crippen LogP contribution >= 0.6 is 0 Å². The Morgan fingerprint density at radius 1 is 0.870 bits per heavy atom. The largest absolute Gasteiger partial charge is 0.470 e. The van der Waals surface area contributed by atoms with Crippen LogP contribution in [-0.4, -0.2) is 50.4 Å². The number of halogens is 7. The van der Waals surface area contributed by atoms with Crippen molar-refractivity contribution in [3.05, 3.63) is 109 Å². The Bertz CT molecular complexity index is 1810. The molecule has 3 heterocycles. The molecule has 46 heavy (non-hydrogen) atoms. The van der Waals surface area contributed by atoms with Gasteiger partial charge in [0.2, 0.25) is 5.89 Å². The third-order valence-electron chi connectivity index (χ3n) is 7.76. The molecule has 0 saturated carbocycles. The van der Waals surface area contributed by atoms with Gasteiger partial charge in [-0.05, 0) is 24.6 Å². The number of nitrogens with two attached hydrogens (primary N) is 1. The Kier molecular flexibility index (Phi) is 9.08. The van der Waals surface area contributed by atoms with Crippen LogP contribution < -0.4 is 21.9 Å². The molecule has 1 saturated heterocycles. The fourth-order valence-corrected chi connectivity index (χ4v) is 5.40. The number of anilines is 1. The van der Waals surface area contributed by atoms with Gasteiger partial charge >= 0.3 is 23.9 Å². The van der Waals surface area contributed by atoms with Crippen molar-refractivity contribution in [1.29, 1.82) is 0 Å². The number of hydrogen-bond acceptors (Lipinski definition) is 8. The van der Waals surface area contributed by atoms with E-state index in [0.29, 0.717) is 11.6 Å². The van der Waals surface area contributed by atoms with Crippen molar-refractivity contribution >= 4 is 5.69 Å². The molecule has 2 N–H and O–H groups in total. The number of alkyl halides is 6. The van der Waals surface area contributed by atoms with Crippen LogP contribution in [0.4, 0.5) is 36.4 Å². The average Bonchev–Trinajstić information content (AvgIpc) is 3.48. The molecule has 0 aliphatic carbocycles. The molecule has 10 nitrogen and oxygen atoms in total. The lowest BCUT2D eigenvalue weighted by atomic mass is 10.1. The van der Waals surface area contributed by atoms with Crippen LogP contribution in [0.3, 0.4) is 0 Å². The van der Waals surface area contributed by atoms with Crippen molar-refractivity contribution in [3.63, 3.8) is 0 Å². The molecule has 1 atom stereocenters. The monoisotopic (exact) mass is 655 g/mol. The van der Waals surface area contributed by atoms with Crippen LogP contribution in [0, 0.1) is 12.7 Å². The molecule has 4 aromatic rings. The first-order valence-electron chi connectivity index (χ1n) is 14.0. The summed E-state index contributed by atoms with van der Waals surface area (Å²) >= 11 is 0. The molecule has 5 rings (SSSR count). The Morgan fingerprint density at radius 2 is 1.54 bits per heavy atom. The predicted molar refractivity (Wildman–Crippen MR) is 150 cm³/mol. The fourth-order valence-electron chi connectivity index (χ4n) is 5.40. The maximum atomic E-state index is 14.9. The molecular weight excluding hydrogens is 627 g/mol. The molecule has 2 aromatic carbocycles. The number of hydrogen-bond donors (Lipinski definition) is 1. The summed E-state index contributed by atoms with van der Waals surface area (Å²) < 4.78 is 101. The van der Waals surface area contributed by atoms with E-state index in [4.69, 9.17) is 10.2 Å². The summed E-state index contributed by atoms with van der Waals surface area (Å²) in [5, 5.41) is 6.44. The van der Waals surface area contributed by atoms with Crippen molar-refractivity contribution in [3.8, 4) is 0 Å². The van der Waals surface area contributed by atoms with Gasteiger partial charge in [0.25, 0.3) is 5.56 Å². The smallest absolute Gasteiger partial charge is 0.416 e. The van der Waals surface area contributed by atoms with Gasteiger partial charge < -0.3 is 15.1 Å². The molecule has 2 aromatic heterocycles. The Hall–Kier alpha value is -4.51. The fraction of sp³-hybridized carbons (Fsp3) is 0.379. The van der Waals surface area contributed by atoms with Crippen LogP contribution in [-0.2, 0) is 32.0 Å². The normalized spacial score (nSPS) is 15.4. The Balaban J connectivity index is 1.50. The first-order valence-corrected chi connectivity index (χ1v) is 14.0. The standard InChI is InChI=1S/C29H28F7N7O3/c1-17-24(41-12-10-40(11-13-41)16-23-38-39-26(46-23)29(34,35)36)25(44)43(15-22(37)18-6-3-2-4-7-18)27(45)42(17)14-19-20(28(31,32)33)8-5-9-21(19)30/h2-9,22H,10-16,37H2,1H3/t22-/m0/s1. The molecular formula is C29H28F7N7O3. The highest BCUT2D eigenvalue weighted by Crippen LogP contribution is 2.34. The molecule has 246 valence electrons. The van der Waals surface area contributed by atoms with Gasteiger partial charge in [-0.2, -0.15) is 26.3 Å². The Morgan fingerprint density at radius 3 is 2.15 bits per heavy atom. The number of benzene rings is 2. The SMILES string of the molecule is Cc1c(N2CCN(Cc3nnc(C(F)(F)F)o3)CC2)c(=O)n(C[C@H](N)c2ccccc2)c(=O)n1Cc1c(F)cccc1C(F)(F)F. The van der Waals surface area contributed by atoms with Crippen LogP contribution in [0.2, 0.25) is 0 Å². The highest BCUT2D eigenvalue weighted by atomic mass is 19.4. The molecule has 1 aliphatic heterocycles. The van der Waals surface area contributed by atoms with Gasteiger partial charge in [-0.25, -0.2) is 9.18 Å². The summed E-state index contributed by atoms with van der Waals surface area (Å²) in [6.07, 6.45) is -9.71. The zero-order valence-electron chi connectivity index (χ0n) is 24.3. The lowest BCUT2D eigenvalue weighted by Crippen LogP contribution is -2.51. The van der Waals surface area contributed by atoms with Gasteiger partial charge in [-0.3, -0.25) is 18.8 Å². The lowest BCUT2D eigenvalue weighted by molar-refractivity contribution is -0.157. The molecule has 0 radical (unpaired) electrons. The number of rotatable bonds is 8. The van der Waals surface area contributed by atoms with Crippen molar-refractivity contribution in [2.24, 2.45) is 5.73 Å². The summed E-state index contributed by atoms with van der Waals surface area (Å²) in [4.78, 5) is 31.0. The quantitative estimate of drug-likeness (QED) is 0.284. The van der Waals surface area contributed by atoms with E-state index in [1.165, 1.54) is 6.92 Å². The second-order valence-electron chi connectivity index (χ2n) is 10.8. The molecule has 0 bridgehead atoms. The van der Waals surface area contributed by atoms with Gasteiger partial charge in [0.05, 0.1) is 25.2 Å². The van der Waals surface area contributed by atoms with Gasteiger partial charge in [-0.15, -0.1) is 10.2 Å². The van der Waals surface area contributed by atoms with E-state index in [-0.39, 0.29) is 56.5 Å². The maximum absolute atomic E-state index is 14.9. The van der Waals surface area contributed by atoms with Crippen LogP contribution in [0.1, 0.15) is 40.2 Å². The second kappa shape index (κ2) is 12.7. The maximum Gasteiger partial charge on any atom is 0.470 e. The van der Waals surface area contributed by atoms with Crippen molar-refractivity contribution in [2.45, 2.75) is 45.0 Å². The molecule has 0 amide bonds. The number of nitrogens with zero attached hydrogens (tertiary/aromatic N) is 6. The first kappa shape index (κ1) is 32.9. The number of aromatic nitrogens is 4. The molecule has 1 aliphatic rings. The summed E-state index contributed by atoms with van der Waals surface area (Å²) in [6.45, 7) is 0.874. The van der Waals surface area contributed by atoms with Crippen molar-refractivity contribution in [2.75, 3.05) is 31.1 Å². The Labute approximate surface area is 256 Å². The predicted octanol–water partition coefficient (Wildman–Crippen LogP) is 3.95. The van der Waals surface area contributed by atoms with Crippen molar-refractivity contribution in [1.82, 2.24) is 24.2 Å². The zero-order chi connectivity index (χ0) is 33.4. The van der Waals surface area contributed by atoms with E-state index in [0.717, 1.165) is 21.3 Å². The minimum absolute atomic E-state index is 0.00144. The molecule has 0 unspecified atom stereocenters. The lowest BCUT2D eigenvalue weighted by Gasteiger charge is -2.36. The minimum Gasteiger partial charge on any atom is -0.416 e. The van der Waals surface area contributed by atoms with Gasteiger partial charge in [0, 0.05) is 43.5 Å². The van der Waals surface area contributed by atoms with Crippen LogP contribution in [0.5, 0.6) is 0 Å². The second-order valence-corrected chi connectivity index (χ2v) is 10.8. The van der Waals surface area contributed by atoms with E-state index in [2.05, 4.69) is 10.2 Å². The van der Waals surface area contributed by atoms with Gasteiger partial charge in [-0.1, -0.05) is 36.4 Å². The van der Waals surface area contributed by atoms with E-state index in [1.54, 1.807) is 40.1 Å². The highest BCUT2D eigenvalue weighted by molar-refractivity contribution is 5.50. The third kappa shape index (κ3) is 6.84. The molecule has 0 spiro atoms. The van der Waals surface area contributed by atoms with E-state index >= 15 is 0 Å². The first-order chi connectivity index (χ1) is 21.6. The summed E-state index contributed by atoms with van der Waals surface area (Å²) in [7, 11) is 0. The van der Waals surface area contributed by atoms with E-state index in [1.807, 2.05) is 0 Å². The molecule has 17 heteroatoms. The van der Waals surface area contributed by atoms with Crippen molar-refractivity contribution < 1.29 is 35.2 Å². The van der Waals surface area contributed by atoms with E-state index in [9.17, 15) is 40.3 Å². The average molecular weight is 656 g/mol. The van der Waals surface area contributed by atoms with Gasteiger partial charge in [0.15, 0.2) is 0 Å².